The molecule has 0 atom stereocenters. The molecule has 0 N–H and O–H groups in total. The molecule has 101 heavy (non-hydrogen) atoms. The summed E-state index contributed by atoms with van der Waals surface area (Å²) in [6.45, 7) is 4.73. The molecular weight excluding hydrogens is 1320 g/mol. The summed E-state index contributed by atoms with van der Waals surface area (Å²) in [7, 11) is 0. The van der Waals surface area contributed by atoms with Crippen molar-refractivity contribution in [2.75, 3.05) is 9.80 Å². The van der Waals surface area contributed by atoms with Gasteiger partial charge in [-0.15, -0.1) is 0 Å². The maximum atomic E-state index is 17.5. The van der Waals surface area contributed by atoms with Crippen LogP contribution in [0.2, 0.25) is 0 Å². The summed E-state index contributed by atoms with van der Waals surface area (Å²) in [4.78, 5) is 3.98. The monoisotopic (exact) mass is 1360 g/mol. The first-order valence-electron chi connectivity index (χ1n) is 31.7. The van der Waals surface area contributed by atoms with Gasteiger partial charge in [0.05, 0.1) is 44.0 Å². The van der Waals surface area contributed by atoms with Crippen LogP contribution < -0.4 is 26.2 Å². The molecule has 17 rings (SSSR count). The Morgan fingerprint density at radius 2 is 0.574 bits per heavy atom. The highest BCUT2D eigenvalue weighted by molar-refractivity contribution is 7.00. The highest BCUT2D eigenvalue weighted by Crippen LogP contribution is 2.55. The molecule has 13 aromatic carbocycles. The number of anilines is 6. The molecule has 19 heteroatoms. The lowest BCUT2D eigenvalue weighted by Gasteiger charge is -2.46. The topological polar surface area (TPSA) is 32.8 Å². The Labute approximate surface area is 564 Å². The second kappa shape index (κ2) is 22.9. The average molecular weight is 1370 g/mol. The predicted octanol–water partition coefficient (Wildman–Crippen LogP) is 22.8. The van der Waals surface area contributed by atoms with Crippen LogP contribution in [0.25, 0.3) is 111 Å². The van der Waals surface area contributed by atoms with Gasteiger partial charge in [-0.05, 0) is 85.0 Å². The smallest absolute Gasteiger partial charge is 0.252 e. The quantitative estimate of drug-likeness (QED) is 0.0657. The molecule has 15 aromatic rings. The van der Waals surface area contributed by atoms with Crippen molar-refractivity contribution in [1.29, 1.82) is 0 Å². The van der Waals surface area contributed by atoms with E-state index in [1.54, 1.807) is 0 Å². The van der Waals surface area contributed by atoms with Crippen molar-refractivity contribution in [3.8, 4) is 66.8 Å². The van der Waals surface area contributed by atoms with E-state index < -0.39 is 149 Å². The maximum Gasteiger partial charge on any atom is 0.252 e. The number of para-hydroxylation sites is 2. The highest BCUT2D eigenvalue weighted by atomic mass is 19.2. The van der Waals surface area contributed by atoms with Gasteiger partial charge in [-0.25, -0.2) is 52.7 Å². The van der Waals surface area contributed by atoms with E-state index in [-0.39, 0.29) is 33.4 Å². The van der Waals surface area contributed by atoms with Crippen LogP contribution in [0, 0.1) is 81.4 Å². The van der Waals surface area contributed by atoms with Crippen molar-refractivity contribution in [2.24, 2.45) is 0 Å². The molecule has 2 aromatic heterocycles. The van der Waals surface area contributed by atoms with Gasteiger partial charge in [0.2, 0.25) is 23.3 Å². The summed E-state index contributed by atoms with van der Waals surface area (Å²) in [5.74, 6) is -30.8. The van der Waals surface area contributed by atoms with E-state index in [1.165, 1.54) is 36.4 Å². The Bertz CT molecular complexity index is 5600. The van der Waals surface area contributed by atoms with Crippen LogP contribution >= 0.6 is 0 Å². The fourth-order valence-electron chi connectivity index (χ4n) is 14.7. The lowest BCUT2D eigenvalue weighted by molar-refractivity contribution is 0.411. The zero-order valence-corrected chi connectivity index (χ0v) is 52.7. The number of halogens is 14. The van der Waals surface area contributed by atoms with Crippen LogP contribution in [0.4, 0.5) is 95.6 Å². The SMILES string of the molecule is CC(C)(C)c1cc2c3c(c1)N(c1c(-c4ccccc4)cccc1-c1ccccc1)c1ccc(-c4c(F)c(F)c(F)c5c4oc4c(F)c(F)c(F)c(F)c45)cc1B3c1cc(-c3c(F)c(F)c(F)c4c3oc3c(F)c(F)c(F)c(F)c34)ccc1N2c1c(-c2ccccc2)cccc1-c1ccccc1. The van der Waals surface area contributed by atoms with E-state index in [0.717, 1.165) is 27.8 Å². The first-order valence-corrected chi connectivity index (χ1v) is 31.7. The Balaban J connectivity index is 1.07. The van der Waals surface area contributed by atoms with Gasteiger partial charge in [-0.3, -0.25) is 0 Å². The molecular formula is C82H43BF14N2O2. The molecule has 0 unspecified atom stereocenters. The number of hydrogen-bond donors (Lipinski definition) is 0. The second-order valence-electron chi connectivity index (χ2n) is 25.9. The van der Waals surface area contributed by atoms with E-state index in [4.69, 9.17) is 8.83 Å². The number of benzene rings is 13. The van der Waals surface area contributed by atoms with Crippen LogP contribution in [-0.4, -0.2) is 6.71 Å². The molecule has 494 valence electrons. The summed E-state index contributed by atoms with van der Waals surface area (Å²) in [6, 6.07) is 61.5. The Morgan fingerprint density at radius 1 is 0.277 bits per heavy atom. The minimum atomic E-state index is -2.40. The van der Waals surface area contributed by atoms with Gasteiger partial charge in [0.25, 0.3) is 6.71 Å². The third-order valence-electron chi connectivity index (χ3n) is 19.3. The van der Waals surface area contributed by atoms with E-state index in [2.05, 4.69) is 0 Å². The fourth-order valence-corrected chi connectivity index (χ4v) is 14.7. The Hall–Kier alpha value is -11.9. The maximum absolute atomic E-state index is 17.5. The van der Waals surface area contributed by atoms with E-state index >= 15 is 61.5 Å². The molecule has 0 spiro atoms. The molecule has 0 aliphatic carbocycles. The van der Waals surface area contributed by atoms with Gasteiger partial charge in [-0.1, -0.05) is 203 Å². The van der Waals surface area contributed by atoms with Crippen molar-refractivity contribution < 1.29 is 70.3 Å². The van der Waals surface area contributed by atoms with Gasteiger partial charge in [0.15, 0.2) is 69.3 Å². The van der Waals surface area contributed by atoms with E-state index in [0.29, 0.717) is 50.5 Å². The third-order valence-corrected chi connectivity index (χ3v) is 19.3. The first kappa shape index (κ1) is 62.6. The van der Waals surface area contributed by atoms with Crippen LogP contribution in [0.1, 0.15) is 26.3 Å². The van der Waals surface area contributed by atoms with E-state index in [9.17, 15) is 0 Å². The standard InChI is InChI=1S/C82H43BF14N2O2/c1-82(2,3)44-36-53-61-54(37-44)99(77-47(40-22-12-6-13-23-40)28-17-29-48(77)41-24-14-7-15-25-41)52-33-31-43(56-63(85)69(91)65(87)58-60-67(89)71(93)73(95)75(97)81(60)101-79(56)58)35-50(52)83(61)49-34-42(55-62(84)68(90)64(86)57-59-66(88)70(92)72(94)74(96)80(59)100-78(55)57)30-32-51(49)98(53)76-45(38-18-8-4-9-19-38)26-16-27-46(76)39-20-10-5-11-21-39/h4-37H,1-3H3. The first-order chi connectivity index (χ1) is 48.6. The molecule has 4 nitrogen and oxygen atoms in total. The summed E-state index contributed by atoms with van der Waals surface area (Å²) in [5, 5.41) is -5.30. The molecule has 4 heterocycles. The van der Waals surface area contributed by atoms with Gasteiger partial charge in [0.1, 0.15) is 11.2 Å². The largest absolute Gasteiger partial charge is 0.452 e. The average Bonchev–Trinajstić information content (AvgIpc) is 1.18. The molecule has 2 aliphatic rings. The summed E-state index contributed by atoms with van der Waals surface area (Å²) < 4.78 is 238. The van der Waals surface area contributed by atoms with Crippen molar-refractivity contribution >= 4 is 101 Å². The normalized spacial score (nSPS) is 12.7. The van der Waals surface area contributed by atoms with Crippen LogP contribution in [0.5, 0.6) is 0 Å². The molecule has 0 saturated heterocycles. The third kappa shape index (κ3) is 9.10. The Morgan fingerprint density at radius 3 is 0.891 bits per heavy atom. The van der Waals surface area contributed by atoms with Crippen LogP contribution in [0.3, 0.4) is 0 Å². The number of furan rings is 2. The van der Waals surface area contributed by atoms with Crippen LogP contribution in [-0.2, 0) is 5.41 Å². The lowest BCUT2D eigenvalue weighted by atomic mass is 9.33. The molecule has 0 radical (unpaired) electrons. The molecule has 0 fully saturated rings. The zero-order valence-electron chi connectivity index (χ0n) is 52.7. The molecule has 2 aliphatic heterocycles. The second-order valence-corrected chi connectivity index (χ2v) is 25.9. The number of fused-ring (bicyclic) bond motifs is 10. The highest BCUT2D eigenvalue weighted by Gasteiger charge is 2.47. The minimum absolute atomic E-state index is 0.150. The number of rotatable bonds is 8. The fraction of sp³-hybridized carbons (Fsp3) is 0.0488. The van der Waals surface area contributed by atoms with Crippen molar-refractivity contribution in [3.05, 3.63) is 293 Å². The minimum Gasteiger partial charge on any atom is -0.452 e. The van der Waals surface area contributed by atoms with Crippen molar-refractivity contribution in [3.63, 3.8) is 0 Å². The number of nitrogens with zero attached hydrogens (tertiary/aromatic N) is 2. The number of hydrogen-bond acceptors (Lipinski definition) is 4. The molecule has 0 amide bonds. The summed E-state index contributed by atoms with van der Waals surface area (Å²) in [5.41, 5.74) is 1.23. The molecule has 0 saturated carbocycles. The zero-order chi connectivity index (χ0) is 70.1. The van der Waals surface area contributed by atoms with E-state index in [1.807, 2.05) is 200 Å². The van der Waals surface area contributed by atoms with Crippen molar-refractivity contribution in [2.45, 2.75) is 26.2 Å². The summed E-state index contributed by atoms with van der Waals surface area (Å²) in [6.07, 6.45) is 0. The van der Waals surface area contributed by atoms with Crippen LogP contribution in [0.15, 0.2) is 215 Å². The lowest BCUT2D eigenvalue weighted by Crippen LogP contribution is -2.61. The molecule has 0 bridgehead atoms. The van der Waals surface area contributed by atoms with Crippen molar-refractivity contribution in [1.82, 2.24) is 0 Å². The van der Waals surface area contributed by atoms with Gasteiger partial charge in [-0.2, -0.15) is 8.78 Å². The van der Waals surface area contributed by atoms with Gasteiger partial charge in [0, 0.05) is 45.0 Å². The Kier molecular flexibility index (Phi) is 14.2. The van der Waals surface area contributed by atoms with Gasteiger partial charge < -0.3 is 18.6 Å². The summed E-state index contributed by atoms with van der Waals surface area (Å²) >= 11 is 0. The van der Waals surface area contributed by atoms with Gasteiger partial charge >= 0.3 is 0 Å². The predicted molar refractivity (Wildman–Crippen MR) is 366 cm³/mol.